The maximum Gasteiger partial charge on any atom is 0.419 e. The molecule has 148 valence electrons. The van der Waals surface area contributed by atoms with Gasteiger partial charge < -0.3 is 20.5 Å². The van der Waals surface area contributed by atoms with Gasteiger partial charge in [-0.3, -0.25) is 4.79 Å². The van der Waals surface area contributed by atoms with Crippen molar-refractivity contribution in [3.8, 4) is 5.75 Å². The molecule has 26 heavy (non-hydrogen) atoms. The Bertz CT molecular complexity index is 601. The van der Waals surface area contributed by atoms with E-state index in [1.54, 1.807) is 7.05 Å². The van der Waals surface area contributed by atoms with Gasteiger partial charge in [-0.05, 0) is 31.4 Å². The second-order valence-corrected chi connectivity index (χ2v) is 6.45. The Morgan fingerprint density at radius 1 is 1.38 bits per heavy atom. The van der Waals surface area contributed by atoms with Gasteiger partial charge in [0.2, 0.25) is 5.91 Å². The van der Waals surface area contributed by atoms with Crippen molar-refractivity contribution < 1.29 is 27.8 Å². The van der Waals surface area contributed by atoms with Gasteiger partial charge in [0.1, 0.15) is 18.5 Å². The smallest absolute Gasteiger partial charge is 0.419 e. The molecule has 1 amide bonds. The van der Waals surface area contributed by atoms with Crippen molar-refractivity contribution in [1.29, 1.82) is 0 Å². The predicted molar refractivity (Wildman–Crippen MR) is 93.1 cm³/mol. The molecule has 0 bridgehead atoms. The van der Waals surface area contributed by atoms with Crippen LogP contribution >= 0.6 is 12.4 Å². The highest BCUT2D eigenvalue weighted by Crippen LogP contribution is 2.35. The van der Waals surface area contributed by atoms with E-state index in [9.17, 15) is 23.1 Å². The van der Waals surface area contributed by atoms with Gasteiger partial charge in [-0.25, -0.2) is 0 Å². The van der Waals surface area contributed by atoms with E-state index in [2.05, 4.69) is 0 Å². The number of benzene rings is 1. The van der Waals surface area contributed by atoms with E-state index in [1.165, 1.54) is 23.1 Å². The number of halogens is 4. The zero-order valence-corrected chi connectivity index (χ0v) is 15.2. The summed E-state index contributed by atoms with van der Waals surface area (Å²) in [7, 11) is 1.55. The summed E-state index contributed by atoms with van der Waals surface area (Å²) in [5, 5.41) is 9.99. The van der Waals surface area contributed by atoms with Crippen LogP contribution in [0.3, 0.4) is 0 Å². The standard InChI is InChI=1S/C17H23F3N2O3.ClH/c1-22(16(24)11-6-7-12(21)8-11)9-13(23)10-25-15-5-3-2-4-14(15)17(18,19)20;/h2-5,11-13,23H,6-10,21H2,1H3;1H. The lowest BCUT2D eigenvalue weighted by Gasteiger charge is -2.24. The molecule has 1 aromatic rings. The molecule has 0 aliphatic heterocycles. The Kier molecular flexibility index (Phi) is 8.17. The lowest BCUT2D eigenvalue weighted by Crippen LogP contribution is -2.40. The number of aliphatic hydroxyl groups excluding tert-OH is 1. The highest BCUT2D eigenvalue weighted by Gasteiger charge is 2.34. The summed E-state index contributed by atoms with van der Waals surface area (Å²) < 4.78 is 43.8. The molecule has 0 aromatic heterocycles. The number of amides is 1. The van der Waals surface area contributed by atoms with E-state index in [-0.39, 0.29) is 49.2 Å². The number of hydrogen-bond donors (Lipinski definition) is 2. The van der Waals surface area contributed by atoms with Crippen LogP contribution in [-0.4, -0.2) is 48.3 Å². The second kappa shape index (κ2) is 9.43. The largest absolute Gasteiger partial charge is 0.490 e. The Morgan fingerprint density at radius 3 is 2.62 bits per heavy atom. The molecule has 3 unspecified atom stereocenters. The van der Waals surface area contributed by atoms with Crippen molar-refractivity contribution in [1.82, 2.24) is 4.90 Å². The van der Waals surface area contributed by atoms with Crippen molar-refractivity contribution in [2.24, 2.45) is 11.7 Å². The summed E-state index contributed by atoms with van der Waals surface area (Å²) >= 11 is 0. The van der Waals surface area contributed by atoms with Gasteiger partial charge >= 0.3 is 6.18 Å². The summed E-state index contributed by atoms with van der Waals surface area (Å²) in [6, 6.07) is 4.83. The monoisotopic (exact) mass is 396 g/mol. The normalized spacial score (nSPS) is 21.0. The molecule has 2 rings (SSSR count). The molecule has 1 fully saturated rings. The van der Waals surface area contributed by atoms with Gasteiger partial charge in [-0.2, -0.15) is 13.2 Å². The summed E-state index contributed by atoms with van der Waals surface area (Å²) in [5.41, 5.74) is 4.90. The molecule has 0 saturated heterocycles. The van der Waals surface area contributed by atoms with Gasteiger partial charge in [0.25, 0.3) is 0 Å². The van der Waals surface area contributed by atoms with Gasteiger partial charge in [-0.15, -0.1) is 12.4 Å². The number of aliphatic hydroxyl groups is 1. The highest BCUT2D eigenvalue weighted by molar-refractivity contribution is 5.85. The molecule has 3 atom stereocenters. The van der Waals surface area contributed by atoms with E-state index in [0.29, 0.717) is 6.42 Å². The quantitative estimate of drug-likeness (QED) is 0.774. The van der Waals surface area contributed by atoms with Crippen molar-refractivity contribution >= 4 is 18.3 Å². The third-order valence-electron chi connectivity index (χ3n) is 4.31. The molecule has 1 aliphatic carbocycles. The minimum atomic E-state index is -4.53. The topological polar surface area (TPSA) is 75.8 Å². The molecule has 1 saturated carbocycles. The Morgan fingerprint density at radius 2 is 2.04 bits per heavy atom. The first-order valence-electron chi connectivity index (χ1n) is 8.16. The number of nitrogens with zero attached hydrogens (tertiary/aromatic N) is 1. The van der Waals surface area contributed by atoms with Crippen molar-refractivity contribution in [3.05, 3.63) is 29.8 Å². The van der Waals surface area contributed by atoms with Gasteiger partial charge in [0, 0.05) is 25.6 Å². The first-order valence-corrected chi connectivity index (χ1v) is 8.16. The van der Waals surface area contributed by atoms with E-state index in [4.69, 9.17) is 10.5 Å². The van der Waals surface area contributed by atoms with Crippen LogP contribution in [0.15, 0.2) is 24.3 Å². The first kappa shape index (κ1) is 22.5. The minimum absolute atomic E-state index is 0. The Labute approximate surface area is 156 Å². The van der Waals surface area contributed by atoms with Crippen LogP contribution in [0.1, 0.15) is 24.8 Å². The minimum Gasteiger partial charge on any atom is -0.490 e. The number of rotatable bonds is 6. The maximum atomic E-state index is 12.9. The van der Waals surface area contributed by atoms with Crippen LogP contribution in [0.2, 0.25) is 0 Å². The zero-order chi connectivity index (χ0) is 18.6. The molecule has 0 spiro atoms. The van der Waals surface area contributed by atoms with Crippen LogP contribution in [0.4, 0.5) is 13.2 Å². The second-order valence-electron chi connectivity index (χ2n) is 6.45. The number of carbonyl (C=O) groups excluding carboxylic acids is 1. The number of alkyl halides is 3. The van der Waals surface area contributed by atoms with Crippen LogP contribution in [0, 0.1) is 5.92 Å². The Balaban J connectivity index is 0.00000338. The lowest BCUT2D eigenvalue weighted by atomic mass is 10.1. The summed E-state index contributed by atoms with van der Waals surface area (Å²) in [6.45, 7) is -0.354. The fourth-order valence-electron chi connectivity index (χ4n) is 3.02. The predicted octanol–water partition coefficient (Wildman–Crippen LogP) is 2.45. The molecule has 5 nitrogen and oxygen atoms in total. The molecule has 3 N–H and O–H groups in total. The number of carbonyl (C=O) groups is 1. The molecular formula is C17H24ClF3N2O3. The molecule has 0 radical (unpaired) electrons. The number of ether oxygens (including phenoxy) is 1. The van der Waals surface area contributed by atoms with Crippen LogP contribution < -0.4 is 10.5 Å². The molecule has 9 heteroatoms. The SMILES string of the molecule is CN(CC(O)COc1ccccc1C(F)(F)F)C(=O)C1CCC(N)C1.Cl. The van der Waals surface area contributed by atoms with Crippen molar-refractivity contribution in [2.45, 2.75) is 37.6 Å². The molecule has 1 aliphatic rings. The fourth-order valence-corrected chi connectivity index (χ4v) is 3.02. The number of hydrogen-bond acceptors (Lipinski definition) is 4. The Hall–Kier alpha value is -1.51. The van der Waals surface area contributed by atoms with Crippen LogP contribution in [-0.2, 0) is 11.0 Å². The summed E-state index contributed by atoms with van der Waals surface area (Å²) in [4.78, 5) is 13.6. The van der Waals surface area contributed by atoms with Crippen molar-refractivity contribution in [2.75, 3.05) is 20.2 Å². The number of para-hydroxylation sites is 1. The summed E-state index contributed by atoms with van der Waals surface area (Å²) in [6.07, 6.45) is -3.49. The van der Waals surface area contributed by atoms with Gasteiger partial charge in [0.05, 0.1) is 5.56 Å². The molecular weight excluding hydrogens is 373 g/mol. The first-order chi connectivity index (χ1) is 11.7. The molecule has 0 heterocycles. The fraction of sp³-hybridized carbons (Fsp3) is 0.588. The summed E-state index contributed by atoms with van der Waals surface area (Å²) in [5.74, 6) is -0.605. The highest BCUT2D eigenvalue weighted by atomic mass is 35.5. The average molecular weight is 397 g/mol. The maximum absolute atomic E-state index is 12.9. The number of nitrogens with two attached hydrogens (primary N) is 1. The third-order valence-corrected chi connectivity index (χ3v) is 4.31. The van der Waals surface area contributed by atoms with E-state index < -0.39 is 17.8 Å². The lowest BCUT2D eigenvalue weighted by molar-refractivity contribution is -0.139. The molecule has 1 aromatic carbocycles. The van der Waals surface area contributed by atoms with Crippen LogP contribution in [0.25, 0.3) is 0 Å². The van der Waals surface area contributed by atoms with Crippen molar-refractivity contribution in [3.63, 3.8) is 0 Å². The zero-order valence-electron chi connectivity index (χ0n) is 14.4. The van der Waals surface area contributed by atoms with E-state index in [0.717, 1.165) is 18.9 Å². The number of likely N-dealkylation sites (N-methyl/N-ethyl adjacent to an activating group) is 1. The third kappa shape index (κ3) is 6.03. The van der Waals surface area contributed by atoms with Gasteiger partial charge in [0.15, 0.2) is 0 Å². The average Bonchev–Trinajstić information content (AvgIpc) is 2.98. The van der Waals surface area contributed by atoms with Gasteiger partial charge in [-0.1, -0.05) is 12.1 Å². The van der Waals surface area contributed by atoms with Crippen LogP contribution in [0.5, 0.6) is 5.75 Å². The van der Waals surface area contributed by atoms with E-state index in [1.807, 2.05) is 0 Å². The van der Waals surface area contributed by atoms with E-state index >= 15 is 0 Å².